The molecule has 0 saturated carbocycles. The molecule has 5 aromatic rings. The Labute approximate surface area is 390 Å². The Bertz CT molecular complexity index is 2740. The van der Waals surface area contributed by atoms with Crippen molar-refractivity contribution >= 4 is 68.7 Å². The van der Waals surface area contributed by atoms with Crippen molar-refractivity contribution < 1.29 is 32.2 Å². The summed E-state index contributed by atoms with van der Waals surface area (Å²) in [6, 6.07) is 19.0. The van der Waals surface area contributed by atoms with E-state index in [-0.39, 0.29) is 29.0 Å². The number of H-pyrrole nitrogens is 1. The van der Waals surface area contributed by atoms with Crippen LogP contribution in [0.4, 0.5) is 21.5 Å². The number of sulfonamides is 1. The molecule has 1 aliphatic carbocycles. The molecule has 8 rings (SSSR count). The number of alkyl halides is 1. The Morgan fingerprint density at radius 1 is 1.03 bits per heavy atom. The number of anilines is 2. The van der Waals surface area contributed by atoms with Gasteiger partial charge in [-0.25, -0.2) is 4.98 Å². The number of piperazine rings is 1. The van der Waals surface area contributed by atoms with Crippen LogP contribution in [0.2, 0.25) is 5.02 Å². The second-order valence-electron chi connectivity index (χ2n) is 18.7. The number of nitro groups is 1. The average Bonchev–Trinajstić information content (AvgIpc) is 3.76. The monoisotopic (exact) mass is 962 g/mol. The number of allylic oxidation sites excluding steroid dienone is 1. The van der Waals surface area contributed by atoms with Crippen LogP contribution in [0.1, 0.15) is 49.0 Å². The van der Waals surface area contributed by atoms with Crippen molar-refractivity contribution in [3.05, 3.63) is 117 Å². The molecule has 1 atom stereocenters. The first-order valence-electron chi connectivity index (χ1n) is 22.3. The van der Waals surface area contributed by atoms with Gasteiger partial charge >= 0.3 is 151 Å². The molecule has 0 bridgehead atoms. The van der Waals surface area contributed by atoms with E-state index in [4.69, 9.17) is 16.3 Å². The number of pyridine rings is 1. The summed E-state index contributed by atoms with van der Waals surface area (Å²) in [5.74, 6) is -0.603. The third-order valence-corrected chi connectivity index (χ3v) is 17.2. The Kier molecular flexibility index (Phi) is 14.0. The van der Waals surface area contributed by atoms with E-state index in [1.165, 1.54) is 35.0 Å². The summed E-state index contributed by atoms with van der Waals surface area (Å²) in [5, 5.41) is 16.6. The minimum atomic E-state index is -4.67. The molecule has 0 radical (unpaired) electrons. The van der Waals surface area contributed by atoms with Crippen LogP contribution in [0, 0.1) is 15.5 Å². The fraction of sp³-hybridized carbons (Fsp3) is 0.404. The van der Waals surface area contributed by atoms with Gasteiger partial charge in [-0.1, -0.05) is 43.2 Å². The number of benzene rings is 3. The van der Waals surface area contributed by atoms with Crippen LogP contribution < -0.4 is 19.7 Å². The zero-order valence-corrected chi connectivity index (χ0v) is 39.9. The van der Waals surface area contributed by atoms with Crippen molar-refractivity contribution in [2.24, 2.45) is 5.41 Å². The van der Waals surface area contributed by atoms with E-state index in [0.29, 0.717) is 49.9 Å². The first-order chi connectivity index (χ1) is 31.4. The van der Waals surface area contributed by atoms with Gasteiger partial charge in [0.05, 0.1) is 11.8 Å². The molecule has 1 amide bonds. The van der Waals surface area contributed by atoms with Gasteiger partial charge in [0.25, 0.3) is 5.91 Å². The fourth-order valence-electron chi connectivity index (χ4n) is 9.05. The third kappa shape index (κ3) is 11.3. The van der Waals surface area contributed by atoms with E-state index < -0.39 is 51.6 Å². The number of nitro benzene ring substituents is 1. The Morgan fingerprint density at radius 2 is 1.77 bits per heavy atom. The minimum absolute atomic E-state index is 0.0655. The molecule has 15 nitrogen and oxygen atoms in total. The van der Waals surface area contributed by atoms with Crippen LogP contribution in [0.25, 0.3) is 16.6 Å². The van der Waals surface area contributed by atoms with E-state index in [0.717, 1.165) is 67.1 Å². The van der Waals surface area contributed by atoms with Crippen molar-refractivity contribution in [1.29, 1.82) is 0 Å². The molecule has 0 spiro atoms. The van der Waals surface area contributed by atoms with Crippen LogP contribution in [0.15, 0.2) is 95.7 Å². The Balaban J connectivity index is 0.992. The van der Waals surface area contributed by atoms with Gasteiger partial charge < -0.3 is 14.6 Å². The maximum Gasteiger partial charge on any atom is 0.146 e. The van der Waals surface area contributed by atoms with Crippen molar-refractivity contribution in [2.75, 3.05) is 88.2 Å². The Hall–Kier alpha value is -5.16. The summed E-state index contributed by atoms with van der Waals surface area (Å²) < 4.78 is 50.2. The normalized spacial score (nSPS) is 19.0. The molecular weight excluding hydrogens is 906 g/mol. The largest absolute Gasteiger partial charge is 0.455 e. The number of carbonyl (C=O) groups excluding carboxylic acids is 1. The van der Waals surface area contributed by atoms with Crippen molar-refractivity contribution in [3.63, 3.8) is 0 Å². The average molecular weight is 964 g/mol. The number of carbonyl (C=O) groups is 1. The number of fused-ring (bicyclic) bond motifs is 1. The van der Waals surface area contributed by atoms with Gasteiger partial charge in [-0.3, -0.25) is 9.69 Å². The molecule has 352 valence electrons. The zero-order valence-electron chi connectivity index (χ0n) is 37.4. The van der Waals surface area contributed by atoms with Gasteiger partial charge in [0, 0.05) is 61.1 Å². The number of aromatic amines is 1. The molecule has 2 fully saturated rings. The molecule has 3 aromatic carbocycles. The van der Waals surface area contributed by atoms with E-state index in [1.54, 1.807) is 24.4 Å². The van der Waals surface area contributed by atoms with Gasteiger partial charge in [0.1, 0.15) is 17.1 Å². The molecular formula is C47H57ClFN8O7PS. The smallest absolute Gasteiger partial charge is 0.146 e. The Morgan fingerprint density at radius 3 is 2.48 bits per heavy atom. The number of ether oxygens (including phenoxy) is 1. The van der Waals surface area contributed by atoms with E-state index in [1.807, 2.05) is 29.8 Å². The van der Waals surface area contributed by atoms with E-state index in [2.05, 4.69) is 55.8 Å². The van der Waals surface area contributed by atoms with Gasteiger partial charge in [-0.2, -0.15) is 0 Å². The number of amides is 1. The van der Waals surface area contributed by atoms with Crippen LogP contribution >= 0.6 is 19.1 Å². The second kappa shape index (κ2) is 19.6. The summed E-state index contributed by atoms with van der Waals surface area (Å²) in [5.41, 5.74) is 4.94. The molecule has 2 saturated heterocycles. The zero-order chi connectivity index (χ0) is 46.8. The summed E-state index contributed by atoms with van der Waals surface area (Å²) in [6.07, 6.45) is 7.68. The number of nitrogens with one attached hydrogen (secondary N) is 3. The molecule has 19 heteroatoms. The number of aromatic nitrogens is 2. The standard InChI is InChI=1S/C47H57ClFN8O7PS/c1-47(2)14-12-34(41(27-47)32-4-6-35(48)7-5-32)30-54-16-18-56(19-17-54)37-8-10-40(44(25-37)64-38-24-33-13-15-50-45(33)51-29-38)46(58)53-66(62,63)39-9-11-42(43(26-39)57(59)60)52-36(28-49)31-55-20-22-65(3,61)23-21-55/h4-11,13,15,24-26,29,36,52,61,65H,12,14,16-23,27-28,30-31H2,1-3H3,(H,50,51)(H,53,58). The summed E-state index contributed by atoms with van der Waals surface area (Å²) in [4.78, 5) is 49.5. The predicted octanol–water partition coefficient (Wildman–Crippen LogP) is 8.17. The van der Waals surface area contributed by atoms with Crippen LogP contribution in [-0.4, -0.2) is 128 Å². The first-order valence-corrected chi connectivity index (χ1v) is 27.0. The summed E-state index contributed by atoms with van der Waals surface area (Å²) in [7, 11) is -6.93. The molecule has 2 aromatic heterocycles. The minimum Gasteiger partial charge on any atom is -0.455 e. The molecule has 4 N–H and O–H groups in total. The van der Waals surface area contributed by atoms with E-state index >= 15 is 0 Å². The summed E-state index contributed by atoms with van der Waals surface area (Å²) >= 11 is 6.24. The van der Waals surface area contributed by atoms with Gasteiger partial charge in [0.15, 0.2) is 0 Å². The van der Waals surface area contributed by atoms with Crippen LogP contribution in [-0.2, 0) is 10.0 Å². The van der Waals surface area contributed by atoms with Crippen LogP contribution in [0.3, 0.4) is 0 Å². The number of halogens is 2. The second-order valence-corrected chi connectivity index (χ2v) is 24.8. The predicted molar refractivity (Wildman–Crippen MR) is 261 cm³/mol. The quantitative estimate of drug-likeness (QED) is 0.0449. The van der Waals surface area contributed by atoms with Crippen LogP contribution in [0.5, 0.6) is 11.5 Å². The van der Waals surface area contributed by atoms with Crippen molar-refractivity contribution in [1.82, 2.24) is 24.5 Å². The number of hydrogen-bond donors (Lipinski definition) is 4. The van der Waals surface area contributed by atoms with Gasteiger partial charge in [0.2, 0.25) is 0 Å². The fourth-order valence-corrected chi connectivity index (χ4v) is 12.0. The van der Waals surface area contributed by atoms with Gasteiger partial charge in [-0.05, 0) is 72.2 Å². The van der Waals surface area contributed by atoms with Crippen molar-refractivity contribution in [3.8, 4) is 11.5 Å². The topological polar surface area (TPSA) is 186 Å². The molecule has 2 aliphatic heterocycles. The van der Waals surface area contributed by atoms with Gasteiger partial charge in [-0.15, -0.1) is 0 Å². The number of rotatable bonds is 15. The van der Waals surface area contributed by atoms with Crippen molar-refractivity contribution in [2.45, 2.75) is 44.0 Å². The number of hydrogen-bond acceptors (Lipinski definition) is 12. The maximum absolute atomic E-state index is 14.2. The maximum atomic E-state index is 14.2. The SMILES string of the molecule is CC1(C)CCC(CN2CCN(c3ccc(C(=O)NS(=O)(=O)c4ccc(NC(CF)CN5CC[PH](C)(O)CC5)c([N+](=O)[O-])c4)c(Oc4cnc5[nH]ccc5c4)c3)CC2)=C(c2ccc(Cl)cc2)C1. The third-order valence-electron chi connectivity index (χ3n) is 13.0. The molecule has 3 aliphatic rings. The summed E-state index contributed by atoms with van der Waals surface area (Å²) in [6.45, 7) is 11.0. The molecule has 66 heavy (non-hydrogen) atoms. The van der Waals surface area contributed by atoms with E-state index in [9.17, 15) is 32.6 Å². The number of nitrogens with zero attached hydrogens (tertiary/aromatic N) is 5. The molecule has 1 unspecified atom stereocenters. The molecule has 4 heterocycles. The first kappa shape index (κ1) is 47.3.